The van der Waals surface area contributed by atoms with E-state index >= 15 is 0 Å². The number of benzene rings is 2. The monoisotopic (exact) mass is 447 g/mol. The van der Waals surface area contributed by atoms with Gasteiger partial charge in [-0.1, -0.05) is 29.8 Å². The Bertz CT molecular complexity index is 1140. The van der Waals surface area contributed by atoms with Gasteiger partial charge in [0.2, 0.25) is 10.0 Å². The van der Waals surface area contributed by atoms with Crippen LogP contribution in [0.3, 0.4) is 0 Å². The number of amides is 1. The maximum atomic E-state index is 12.6. The van der Waals surface area contributed by atoms with Crippen molar-refractivity contribution in [1.82, 2.24) is 9.71 Å². The number of hydrogen-bond acceptors (Lipinski definition) is 5. The maximum Gasteiger partial charge on any atom is 0.257 e. The summed E-state index contributed by atoms with van der Waals surface area (Å²) in [5.74, 6) is -0.402. The molecule has 0 unspecified atom stereocenters. The summed E-state index contributed by atoms with van der Waals surface area (Å²) < 4.78 is 27.3. The standard InChI is InChI=1S/C20H18ClN3O3S2/c21-15-6-4-13(5-7-15)10-17-12-22-20(28-17)23-19(25)14-2-1-3-18(11-14)29(26,27)24-16-8-9-16/h1-7,11-12,16,24H,8-10H2,(H,22,23,25). The van der Waals surface area contributed by atoms with E-state index in [-0.39, 0.29) is 16.5 Å². The Kier molecular flexibility index (Phi) is 5.69. The van der Waals surface area contributed by atoms with Crippen molar-refractivity contribution in [3.8, 4) is 0 Å². The topological polar surface area (TPSA) is 88.2 Å². The predicted molar refractivity (Wildman–Crippen MR) is 114 cm³/mol. The third-order valence-electron chi connectivity index (χ3n) is 4.37. The van der Waals surface area contributed by atoms with Crippen LogP contribution in [0.1, 0.15) is 33.6 Å². The predicted octanol–water partition coefficient (Wildman–Crippen LogP) is 4.08. The number of anilines is 1. The lowest BCUT2D eigenvalue weighted by molar-refractivity contribution is 0.102. The first kappa shape index (κ1) is 20.0. The van der Waals surface area contributed by atoms with Crippen molar-refractivity contribution in [2.24, 2.45) is 0 Å². The molecule has 3 aromatic rings. The van der Waals surface area contributed by atoms with E-state index in [1.807, 2.05) is 24.3 Å². The van der Waals surface area contributed by atoms with Crippen LogP contribution >= 0.6 is 22.9 Å². The fourth-order valence-electron chi connectivity index (χ4n) is 2.71. The quantitative estimate of drug-likeness (QED) is 0.571. The van der Waals surface area contributed by atoms with Crippen LogP contribution in [-0.2, 0) is 16.4 Å². The van der Waals surface area contributed by atoms with E-state index in [2.05, 4.69) is 15.0 Å². The van der Waals surface area contributed by atoms with Gasteiger partial charge < -0.3 is 0 Å². The van der Waals surface area contributed by atoms with E-state index in [9.17, 15) is 13.2 Å². The van der Waals surface area contributed by atoms with E-state index in [4.69, 9.17) is 11.6 Å². The van der Waals surface area contributed by atoms with Gasteiger partial charge in [-0.15, -0.1) is 11.3 Å². The van der Waals surface area contributed by atoms with Gasteiger partial charge in [-0.3, -0.25) is 10.1 Å². The molecule has 1 fully saturated rings. The van der Waals surface area contributed by atoms with Crippen molar-refractivity contribution in [1.29, 1.82) is 0 Å². The molecular weight excluding hydrogens is 430 g/mol. The Balaban J connectivity index is 1.43. The number of carbonyl (C=O) groups excluding carboxylic acids is 1. The second-order valence-corrected chi connectivity index (χ2v) is 10.1. The van der Waals surface area contributed by atoms with Gasteiger partial charge in [0.25, 0.3) is 5.91 Å². The average Bonchev–Trinajstić information content (AvgIpc) is 3.40. The zero-order valence-corrected chi connectivity index (χ0v) is 17.7. The number of carbonyl (C=O) groups is 1. The van der Waals surface area contributed by atoms with Gasteiger partial charge >= 0.3 is 0 Å². The van der Waals surface area contributed by atoms with Crippen LogP contribution in [0.5, 0.6) is 0 Å². The number of hydrogen-bond donors (Lipinski definition) is 2. The van der Waals surface area contributed by atoms with Gasteiger partial charge in [0, 0.05) is 34.1 Å². The fraction of sp³-hybridized carbons (Fsp3) is 0.200. The van der Waals surface area contributed by atoms with Crippen LogP contribution in [0, 0.1) is 0 Å². The average molecular weight is 448 g/mol. The number of thiazole rings is 1. The maximum absolute atomic E-state index is 12.6. The molecule has 1 aliphatic carbocycles. The summed E-state index contributed by atoms with van der Waals surface area (Å²) in [6, 6.07) is 13.6. The van der Waals surface area contributed by atoms with Crippen molar-refractivity contribution >= 4 is 44.0 Å². The summed E-state index contributed by atoms with van der Waals surface area (Å²) in [6.07, 6.45) is 4.10. The minimum atomic E-state index is -3.61. The summed E-state index contributed by atoms with van der Waals surface area (Å²) >= 11 is 7.28. The highest BCUT2D eigenvalue weighted by atomic mass is 35.5. The Labute approximate surface area is 178 Å². The van der Waals surface area contributed by atoms with E-state index in [0.29, 0.717) is 16.6 Å². The minimum Gasteiger partial charge on any atom is -0.298 e. The number of nitrogens with one attached hydrogen (secondary N) is 2. The zero-order valence-electron chi connectivity index (χ0n) is 15.3. The molecule has 1 saturated carbocycles. The summed E-state index contributed by atoms with van der Waals surface area (Å²) in [5, 5.41) is 3.88. The molecule has 0 bridgehead atoms. The summed E-state index contributed by atoms with van der Waals surface area (Å²) in [4.78, 5) is 17.9. The third-order valence-corrected chi connectivity index (χ3v) is 7.05. The Morgan fingerprint density at radius 3 is 2.66 bits per heavy atom. The van der Waals surface area contributed by atoms with Crippen LogP contribution in [0.15, 0.2) is 59.6 Å². The molecule has 1 aliphatic rings. The molecule has 4 rings (SSSR count). The SMILES string of the molecule is O=C(Nc1ncc(Cc2ccc(Cl)cc2)s1)c1cccc(S(=O)(=O)NC2CC2)c1. The Morgan fingerprint density at radius 2 is 1.93 bits per heavy atom. The number of aromatic nitrogens is 1. The molecule has 0 aliphatic heterocycles. The molecule has 0 saturated heterocycles. The van der Waals surface area contributed by atoms with E-state index < -0.39 is 15.9 Å². The number of sulfonamides is 1. The summed E-state index contributed by atoms with van der Waals surface area (Å²) in [7, 11) is -3.61. The van der Waals surface area contributed by atoms with Crippen LogP contribution in [0.4, 0.5) is 5.13 Å². The molecule has 1 heterocycles. The van der Waals surface area contributed by atoms with Gasteiger partial charge in [0.1, 0.15) is 0 Å². The van der Waals surface area contributed by atoms with Gasteiger partial charge in [-0.05, 0) is 48.7 Å². The summed E-state index contributed by atoms with van der Waals surface area (Å²) in [5.41, 5.74) is 1.36. The highest BCUT2D eigenvalue weighted by molar-refractivity contribution is 7.89. The van der Waals surface area contributed by atoms with Gasteiger partial charge in [0.15, 0.2) is 5.13 Å². The van der Waals surface area contributed by atoms with Gasteiger partial charge in [-0.2, -0.15) is 0 Å². The van der Waals surface area contributed by atoms with Crippen molar-refractivity contribution in [2.75, 3.05) is 5.32 Å². The molecule has 0 atom stereocenters. The van der Waals surface area contributed by atoms with Crippen LogP contribution in [-0.4, -0.2) is 25.4 Å². The highest BCUT2D eigenvalue weighted by Crippen LogP contribution is 2.24. The first-order chi connectivity index (χ1) is 13.9. The van der Waals surface area contributed by atoms with Crippen molar-refractivity contribution in [3.63, 3.8) is 0 Å². The lowest BCUT2D eigenvalue weighted by Gasteiger charge is -2.07. The molecule has 150 valence electrons. The molecule has 9 heteroatoms. The first-order valence-corrected chi connectivity index (χ1v) is 11.7. The minimum absolute atomic E-state index is 0.00635. The molecule has 0 radical (unpaired) electrons. The highest BCUT2D eigenvalue weighted by Gasteiger charge is 2.28. The van der Waals surface area contributed by atoms with Gasteiger partial charge in [-0.25, -0.2) is 18.1 Å². The molecule has 0 spiro atoms. The smallest absolute Gasteiger partial charge is 0.257 e. The van der Waals surface area contributed by atoms with Crippen LogP contribution < -0.4 is 10.0 Å². The number of halogens is 1. The third kappa shape index (κ3) is 5.22. The fourth-order valence-corrected chi connectivity index (χ4v) is 5.03. The second kappa shape index (κ2) is 8.23. The molecule has 29 heavy (non-hydrogen) atoms. The number of nitrogens with zero attached hydrogens (tertiary/aromatic N) is 1. The van der Waals surface area contributed by atoms with Gasteiger partial charge in [0.05, 0.1) is 4.90 Å². The molecule has 1 aromatic heterocycles. The van der Waals surface area contributed by atoms with Crippen molar-refractivity contribution in [3.05, 3.63) is 75.8 Å². The van der Waals surface area contributed by atoms with E-state index in [1.54, 1.807) is 18.3 Å². The number of rotatable bonds is 7. The molecular formula is C20H18ClN3O3S2. The largest absolute Gasteiger partial charge is 0.298 e. The van der Waals surface area contributed by atoms with E-state index in [0.717, 1.165) is 23.3 Å². The molecule has 2 N–H and O–H groups in total. The normalized spacial score (nSPS) is 14.0. The summed E-state index contributed by atoms with van der Waals surface area (Å²) in [6.45, 7) is 0. The van der Waals surface area contributed by atoms with Crippen molar-refractivity contribution in [2.45, 2.75) is 30.2 Å². The molecule has 6 nitrogen and oxygen atoms in total. The second-order valence-electron chi connectivity index (χ2n) is 6.81. The van der Waals surface area contributed by atoms with E-state index in [1.165, 1.54) is 23.5 Å². The molecule has 1 amide bonds. The lowest BCUT2D eigenvalue weighted by atomic mass is 10.1. The Morgan fingerprint density at radius 1 is 1.17 bits per heavy atom. The molecule has 2 aromatic carbocycles. The first-order valence-electron chi connectivity index (χ1n) is 9.02. The van der Waals surface area contributed by atoms with Crippen LogP contribution in [0.25, 0.3) is 0 Å². The van der Waals surface area contributed by atoms with Crippen molar-refractivity contribution < 1.29 is 13.2 Å². The zero-order chi connectivity index (χ0) is 20.4. The van der Waals surface area contributed by atoms with Crippen LogP contribution in [0.2, 0.25) is 5.02 Å². The Hall–Kier alpha value is -2.26. The lowest BCUT2D eigenvalue weighted by Crippen LogP contribution is -2.26.